The van der Waals surface area contributed by atoms with Crippen LogP contribution in [-0.4, -0.2) is 20.7 Å². The maximum atomic E-state index is 10.6. The molecular formula is C11H8ClN3OS2. The Morgan fingerprint density at radius 1 is 1.39 bits per heavy atom. The SMILES string of the molecule is Cc1csc2nc(Cl)c(Cc3nc(C=O)cs3)n12. The van der Waals surface area contributed by atoms with Gasteiger partial charge in [-0.3, -0.25) is 9.20 Å². The molecule has 0 atom stereocenters. The number of carbonyl (C=O) groups excluding carboxylic acids is 1. The molecule has 0 aliphatic heterocycles. The van der Waals surface area contributed by atoms with Crippen molar-refractivity contribution in [2.45, 2.75) is 13.3 Å². The maximum absolute atomic E-state index is 10.6. The molecule has 0 saturated carbocycles. The molecule has 92 valence electrons. The zero-order valence-electron chi connectivity index (χ0n) is 9.38. The highest BCUT2D eigenvalue weighted by molar-refractivity contribution is 7.15. The van der Waals surface area contributed by atoms with Gasteiger partial charge in [-0.15, -0.1) is 22.7 Å². The largest absolute Gasteiger partial charge is 0.296 e. The Labute approximate surface area is 116 Å². The van der Waals surface area contributed by atoms with Crippen LogP contribution in [0.25, 0.3) is 4.96 Å². The van der Waals surface area contributed by atoms with E-state index in [1.165, 1.54) is 11.3 Å². The van der Waals surface area contributed by atoms with Gasteiger partial charge in [-0.1, -0.05) is 11.6 Å². The first kappa shape index (κ1) is 11.8. The molecular weight excluding hydrogens is 290 g/mol. The Hall–Kier alpha value is -1.24. The molecule has 0 spiro atoms. The predicted molar refractivity (Wildman–Crippen MR) is 73.1 cm³/mol. The Balaban J connectivity index is 2.05. The van der Waals surface area contributed by atoms with E-state index in [4.69, 9.17) is 11.6 Å². The number of carbonyl (C=O) groups is 1. The average Bonchev–Trinajstić information content (AvgIpc) is 3.01. The molecule has 0 aromatic carbocycles. The van der Waals surface area contributed by atoms with Gasteiger partial charge in [-0.2, -0.15) is 0 Å². The number of aromatic nitrogens is 3. The molecule has 3 rings (SSSR count). The van der Waals surface area contributed by atoms with Crippen LogP contribution in [0.5, 0.6) is 0 Å². The molecule has 0 aliphatic rings. The van der Waals surface area contributed by atoms with E-state index in [0.29, 0.717) is 17.3 Å². The summed E-state index contributed by atoms with van der Waals surface area (Å²) in [6.07, 6.45) is 1.35. The summed E-state index contributed by atoms with van der Waals surface area (Å²) in [6, 6.07) is 0. The highest BCUT2D eigenvalue weighted by atomic mass is 35.5. The van der Waals surface area contributed by atoms with Gasteiger partial charge in [0.25, 0.3) is 0 Å². The normalized spacial score (nSPS) is 11.2. The van der Waals surface area contributed by atoms with Crippen molar-refractivity contribution < 1.29 is 4.79 Å². The summed E-state index contributed by atoms with van der Waals surface area (Å²) in [6.45, 7) is 2.02. The van der Waals surface area contributed by atoms with Crippen LogP contribution in [0, 0.1) is 6.92 Å². The standard InChI is InChI=1S/C11H8ClN3OS2/c1-6-4-18-11-14-10(12)8(15(6)11)2-9-13-7(3-16)5-17-9/h3-5H,2H2,1H3. The summed E-state index contributed by atoms with van der Waals surface area (Å²) in [5.41, 5.74) is 2.50. The minimum atomic E-state index is 0.467. The number of imidazole rings is 1. The molecule has 18 heavy (non-hydrogen) atoms. The molecule has 0 radical (unpaired) electrons. The van der Waals surface area contributed by atoms with E-state index in [2.05, 4.69) is 9.97 Å². The number of rotatable bonds is 3. The Kier molecular flexibility index (Phi) is 2.93. The van der Waals surface area contributed by atoms with E-state index >= 15 is 0 Å². The van der Waals surface area contributed by atoms with Gasteiger partial charge in [-0.25, -0.2) is 9.97 Å². The predicted octanol–water partition coefficient (Wildman–Crippen LogP) is 3.22. The Morgan fingerprint density at radius 3 is 2.94 bits per heavy atom. The monoisotopic (exact) mass is 297 g/mol. The molecule has 3 heterocycles. The number of aryl methyl sites for hydroxylation is 1. The van der Waals surface area contributed by atoms with Crippen LogP contribution >= 0.6 is 34.3 Å². The van der Waals surface area contributed by atoms with Gasteiger partial charge in [0.2, 0.25) is 0 Å². The van der Waals surface area contributed by atoms with Crippen LogP contribution in [0.15, 0.2) is 10.8 Å². The summed E-state index contributed by atoms with van der Waals surface area (Å²) >= 11 is 9.18. The minimum absolute atomic E-state index is 0.467. The lowest BCUT2D eigenvalue weighted by Gasteiger charge is -1.99. The zero-order valence-corrected chi connectivity index (χ0v) is 11.8. The molecule has 0 fully saturated rings. The smallest absolute Gasteiger partial charge is 0.195 e. The van der Waals surface area contributed by atoms with Gasteiger partial charge in [-0.05, 0) is 6.92 Å². The summed E-state index contributed by atoms with van der Waals surface area (Å²) < 4.78 is 2.04. The maximum Gasteiger partial charge on any atom is 0.195 e. The van der Waals surface area contributed by atoms with Crippen molar-refractivity contribution in [2.24, 2.45) is 0 Å². The fourth-order valence-electron chi connectivity index (χ4n) is 1.80. The van der Waals surface area contributed by atoms with E-state index in [-0.39, 0.29) is 0 Å². The van der Waals surface area contributed by atoms with E-state index < -0.39 is 0 Å². The fraction of sp³-hybridized carbons (Fsp3) is 0.182. The van der Waals surface area contributed by atoms with Gasteiger partial charge in [0, 0.05) is 22.9 Å². The van der Waals surface area contributed by atoms with E-state index in [1.54, 1.807) is 16.7 Å². The van der Waals surface area contributed by atoms with Crippen LogP contribution in [-0.2, 0) is 6.42 Å². The number of thiazole rings is 2. The Bertz CT molecular complexity index is 728. The number of halogens is 1. The molecule has 0 bridgehead atoms. The third-order valence-corrected chi connectivity index (χ3v) is 4.70. The average molecular weight is 298 g/mol. The lowest BCUT2D eigenvalue weighted by atomic mass is 10.3. The summed E-state index contributed by atoms with van der Waals surface area (Å²) in [5, 5.41) is 5.16. The van der Waals surface area contributed by atoms with Crippen molar-refractivity contribution in [1.82, 2.24) is 14.4 Å². The molecule has 0 N–H and O–H groups in total. The molecule has 0 unspecified atom stereocenters. The van der Waals surface area contributed by atoms with Crippen molar-refractivity contribution in [2.75, 3.05) is 0 Å². The van der Waals surface area contributed by atoms with Crippen LogP contribution < -0.4 is 0 Å². The quantitative estimate of drug-likeness (QED) is 0.697. The first-order valence-corrected chi connectivity index (χ1v) is 7.33. The van der Waals surface area contributed by atoms with Crippen molar-refractivity contribution >= 4 is 45.5 Å². The first-order chi connectivity index (χ1) is 8.69. The molecule has 3 aromatic rings. The van der Waals surface area contributed by atoms with Crippen molar-refractivity contribution in [3.05, 3.63) is 38.0 Å². The van der Waals surface area contributed by atoms with E-state index in [0.717, 1.165) is 27.6 Å². The second kappa shape index (κ2) is 4.46. The first-order valence-electron chi connectivity index (χ1n) is 5.19. The third-order valence-electron chi connectivity index (χ3n) is 2.59. The minimum Gasteiger partial charge on any atom is -0.296 e. The molecule has 0 amide bonds. The molecule has 0 saturated heterocycles. The van der Waals surface area contributed by atoms with E-state index in [1.807, 2.05) is 16.7 Å². The third kappa shape index (κ3) is 1.86. The van der Waals surface area contributed by atoms with Crippen LogP contribution in [0.4, 0.5) is 0 Å². The molecule has 0 aliphatic carbocycles. The number of fused-ring (bicyclic) bond motifs is 1. The second-order valence-electron chi connectivity index (χ2n) is 3.81. The summed E-state index contributed by atoms with van der Waals surface area (Å²) in [4.78, 5) is 20.0. The molecule has 4 nitrogen and oxygen atoms in total. The number of hydrogen-bond donors (Lipinski definition) is 0. The Morgan fingerprint density at radius 2 is 2.22 bits per heavy atom. The lowest BCUT2D eigenvalue weighted by molar-refractivity contribution is 0.111. The van der Waals surface area contributed by atoms with Crippen LogP contribution in [0.2, 0.25) is 5.15 Å². The summed E-state index contributed by atoms with van der Waals surface area (Å²) in [5.74, 6) is 0. The lowest BCUT2D eigenvalue weighted by Crippen LogP contribution is -1.96. The zero-order chi connectivity index (χ0) is 12.7. The van der Waals surface area contributed by atoms with Gasteiger partial charge in [0.15, 0.2) is 16.4 Å². The highest BCUT2D eigenvalue weighted by Gasteiger charge is 2.15. The molecule has 7 heteroatoms. The van der Waals surface area contributed by atoms with Crippen LogP contribution in [0.1, 0.15) is 26.9 Å². The number of nitrogens with zero attached hydrogens (tertiary/aromatic N) is 3. The van der Waals surface area contributed by atoms with Gasteiger partial charge in [0.1, 0.15) is 5.69 Å². The van der Waals surface area contributed by atoms with Gasteiger partial charge < -0.3 is 0 Å². The van der Waals surface area contributed by atoms with Crippen molar-refractivity contribution in [3.8, 4) is 0 Å². The fourth-order valence-corrected chi connectivity index (χ4v) is 3.71. The molecule has 3 aromatic heterocycles. The van der Waals surface area contributed by atoms with E-state index in [9.17, 15) is 4.79 Å². The second-order valence-corrected chi connectivity index (χ2v) is 5.94. The summed E-state index contributed by atoms with van der Waals surface area (Å²) in [7, 11) is 0. The number of hydrogen-bond acceptors (Lipinski definition) is 5. The number of aldehydes is 1. The van der Waals surface area contributed by atoms with Crippen LogP contribution in [0.3, 0.4) is 0 Å². The highest BCUT2D eigenvalue weighted by Crippen LogP contribution is 2.26. The van der Waals surface area contributed by atoms with Crippen molar-refractivity contribution in [1.29, 1.82) is 0 Å². The van der Waals surface area contributed by atoms with Gasteiger partial charge >= 0.3 is 0 Å². The van der Waals surface area contributed by atoms with Crippen molar-refractivity contribution in [3.63, 3.8) is 0 Å². The van der Waals surface area contributed by atoms with Gasteiger partial charge in [0.05, 0.1) is 10.7 Å². The topological polar surface area (TPSA) is 47.3 Å².